The van der Waals surface area contributed by atoms with Crippen molar-refractivity contribution in [2.45, 2.75) is 72.1 Å². The van der Waals surface area contributed by atoms with Gasteiger partial charge in [0.1, 0.15) is 5.82 Å². The van der Waals surface area contributed by atoms with Crippen molar-refractivity contribution < 1.29 is 0 Å². The van der Waals surface area contributed by atoms with E-state index in [0.717, 1.165) is 18.2 Å². The number of nitrogens with one attached hydrogen (secondary N) is 2. The van der Waals surface area contributed by atoms with Crippen LogP contribution in [0.25, 0.3) is 0 Å². The molecule has 0 amide bonds. The van der Waals surface area contributed by atoms with E-state index >= 15 is 0 Å². The van der Waals surface area contributed by atoms with Gasteiger partial charge < -0.3 is 10.0 Å². The fraction of sp³-hybridized carbons (Fsp3) is 0.520. The summed E-state index contributed by atoms with van der Waals surface area (Å²) >= 11 is 1.71. The van der Waals surface area contributed by atoms with Crippen LogP contribution in [0.1, 0.15) is 69.6 Å². The molecule has 1 saturated carbocycles. The molecule has 2 nitrogen and oxygen atoms in total. The Morgan fingerprint density at radius 3 is 2.71 bits per heavy atom. The van der Waals surface area contributed by atoms with E-state index in [1.807, 2.05) is 0 Å². The Morgan fingerprint density at radius 1 is 1.21 bits per heavy atom. The molecule has 2 N–H and O–H groups in total. The Balaban J connectivity index is 1.42. The number of fused-ring (bicyclic) bond motifs is 1. The molecule has 1 aromatic rings. The summed E-state index contributed by atoms with van der Waals surface area (Å²) in [6.07, 6.45) is 12.5. The average molecular weight is 395 g/mol. The van der Waals surface area contributed by atoms with Crippen LogP contribution in [-0.4, -0.2) is 0 Å². The number of benzene rings is 1. The largest absolute Gasteiger partial charge is 0.341 e. The SMILES string of the molecule is C=C(NSC1=CC(C(C)C)=C(C)C1)Nc1c(CC2CCC2)ccc2c1CCC2. The molecule has 28 heavy (non-hydrogen) atoms. The average Bonchev–Trinajstić information content (AvgIpc) is 3.24. The highest BCUT2D eigenvalue weighted by molar-refractivity contribution is 8.01. The molecule has 0 spiro atoms. The van der Waals surface area contributed by atoms with Crippen LogP contribution >= 0.6 is 11.9 Å². The molecule has 0 saturated heterocycles. The molecule has 0 radical (unpaired) electrons. The van der Waals surface area contributed by atoms with Crippen molar-refractivity contribution >= 4 is 17.6 Å². The maximum absolute atomic E-state index is 4.28. The third-order valence-corrected chi connectivity index (χ3v) is 7.43. The Labute approximate surface area is 175 Å². The number of anilines is 1. The molecule has 0 heterocycles. The quantitative estimate of drug-likeness (QED) is 0.469. The fourth-order valence-electron chi connectivity index (χ4n) is 4.79. The van der Waals surface area contributed by atoms with Crippen LogP contribution in [0.2, 0.25) is 0 Å². The van der Waals surface area contributed by atoms with Gasteiger partial charge in [0.15, 0.2) is 0 Å². The summed E-state index contributed by atoms with van der Waals surface area (Å²) in [4.78, 5) is 1.39. The van der Waals surface area contributed by atoms with E-state index in [1.165, 1.54) is 83.4 Å². The smallest absolute Gasteiger partial charge is 0.106 e. The van der Waals surface area contributed by atoms with Gasteiger partial charge in [-0.05, 0) is 84.7 Å². The summed E-state index contributed by atoms with van der Waals surface area (Å²) in [6.45, 7) is 11.1. The fourth-order valence-corrected chi connectivity index (χ4v) is 5.57. The molecular weight excluding hydrogens is 360 g/mol. The van der Waals surface area contributed by atoms with Crippen LogP contribution in [0.4, 0.5) is 5.69 Å². The first-order valence-electron chi connectivity index (χ1n) is 10.9. The molecule has 1 aromatic carbocycles. The van der Waals surface area contributed by atoms with Crippen molar-refractivity contribution in [3.05, 3.63) is 63.4 Å². The second-order valence-corrected chi connectivity index (χ2v) is 10.0. The van der Waals surface area contributed by atoms with Crippen LogP contribution in [0.3, 0.4) is 0 Å². The molecule has 0 unspecified atom stereocenters. The van der Waals surface area contributed by atoms with Crippen LogP contribution in [0.15, 0.2) is 46.7 Å². The summed E-state index contributed by atoms with van der Waals surface area (Å²) in [6, 6.07) is 4.74. The molecule has 3 aliphatic rings. The van der Waals surface area contributed by atoms with E-state index in [4.69, 9.17) is 0 Å². The van der Waals surface area contributed by atoms with Crippen LogP contribution in [-0.2, 0) is 19.3 Å². The molecule has 0 bridgehead atoms. The minimum atomic E-state index is 0.598. The first kappa shape index (κ1) is 19.7. The van der Waals surface area contributed by atoms with Crippen molar-refractivity contribution in [1.29, 1.82) is 0 Å². The zero-order valence-corrected chi connectivity index (χ0v) is 18.5. The highest BCUT2D eigenvalue weighted by Gasteiger charge is 2.23. The van der Waals surface area contributed by atoms with E-state index in [2.05, 4.69) is 55.6 Å². The molecule has 0 atom stereocenters. The molecule has 0 aromatic heterocycles. The summed E-state index contributed by atoms with van der Waals surface area (Å²) in [5.74, 6) is 2.37. The minimum Gasteiger partial charge on any atom is -0.341 e. The zero-order chi connectivity index (χ0) is 19.7. The van der Waals surface area contributed by atoms with Gasteiger partial charge in [0.05, 0.1) is 0 Å². The number of allylic oxidation sites excluding steroid dienone is 4. The standard InChI is InChI=1S/C25H34N2S/c1-16(2)24-15-22(13-17(24)3)28-27-18(4)26-25-21(14-19-7-5-8-19)12-11-20-9-6-10-23(20)25/h11-12,15-16,19,26-27H,4-10,13-14H2,1-3H3. The van der Waals surface area contributed by atoms with Crippen LogP contribution < -0.4 is 10.0 Å². The topological polar surface area (TPSA) is 24.1 Å². The second-order valence-electron chi connectivity index (χ2n) is 9.08. The second kappa shape index (κ2) is 8.41. The van der Waals surface area contributed by atoms with E-state index in [0.29, 0.717) is 5.92 Å². The van der Waals surface area contributed by atoms with Gasteiger partial charge in [0.2, 0.25) is 0 Å². The number of rotatable bonds is 8. The number of hydrogen-bond acceptors (Lipinski definition) is 3. The minimum absolute atomic E-state index is 0.598. The van der Waals surface area contributed by atoms with E-state index in [1.54, 1.807) is 11.9 Å². The zero-order valence-electron chi connectivity index (χ0n) is 17.7. The van der Waals surface area contributed by atoms with Crippen molar-refractivity contribution in [1.82, 2.24) is 4.72 Å². The lowest BCUT2D eigenvalue weighted by molar-refractivity contribution is 0.314. The molecule has 0 aliphatic heterocycles. The van der Waals surface area contributed by atoms with Gasteiger partial charge in [0, 0.05) is 17.0 Å². The van der Waals surface area contributed by atoms with Crippen molar-refractivity contribution in [2.24, 2.45) is 11.8 Å². The van der Waals surface area contributed by atoms with Crippen molar-refractivity contribution in [3.8, 4) is 0 Å². The number of aryl methyl sites for hydroxylation is 1. The maximum Gasteiger partial charge on any atom is 0.106 e. The molecule has 3 aliphatic carbocycles. The summed E-state index contributed by atoms with van der Waals surface area (Å²) < 4.78 is 3.47. The monoisotopic (exact) mass is 394 g/mol. The first-order valence-corrected chi connectivity index (χ1v) is 11.8. The van der Waals surface area contributed by atoms with Gasteiger partial charge in [-0.1, -0.05) is 57.4 Å². The van der Waals surface area contributed by atoms with E-state index in [-0.39, 0.29) is 0 Å². The number of hydrogen-bond donors (Lipinski definition) is 2. The molecule has 150 valence electrons. The van der Waals surface area contributed by atoms with Crippen LogP contribution in [0, 0.1) is 11.8 Å². The maximum atomic E-state index is 4.28. The van der Waals surface area contributed by atoms with E-state index in [9.17, 15) is 0 Å². The van der Waals surface area contributed by atoms with Gasteiger partial charge in [-0.3, -0.25) is 0 Å². The Kier molecular flexibility index (Phi) is 5.91. The first-order chi connectivity index (χ1) is 13.5. The third-order valence-electron chi connectivity index (χ3n) is 6.55. The Hall–Kier alpha value is -1.61. The van der Waals surface area contributed by atoms with Crippen molar-refractivity contribution in [3.63, 3.8) is 0 Å². The summed E-state index contributed by atoms with van der Waals surface area (Å²) in [7, 11) is 0. The highest BCUT2D eigenvalue weighted by Crippen LogP contribution is 2.38. The lowest BCUT2D eigenvalue weighted by Crippen LogP contribution is -2.18. The van der Waals surface area contributed by atoms with Crippen molar-refractivity contribution in [2.75, 3.05) is 5.32 Å². The lowest BCUT2D eigenvalue weighted by Gasteiger charge is -2.27. The van der Waals surface area contributed by atoms with Crippen LogP contribution in [0.5, 0.6) is 0 Å². The van der Waals surface area contributed by atoms with Gasteiger partial charge in [-0.2, -0.15) is 0 Å². The lowest BCUT2D eigenvalue weighted by atomic mass is 9.80. The van der Waals surface area contributed by atoms with Gasteiger partial charge in [-0.15, -0.1) is 0 Å². The summed E-state index contributed by atoms with van der Waals surface area (Å²) in [5.41, 5.74) is 8.88. The summed E-state index contributed by atoms with van der Waals surface area (Å²) in [5, 5.41) is 3.67. The third kappa shape index (κ3) is 4.20. The molecular formula is C25H34N2S. The highest BCUT2D eigenvalue weighted by atomic mass is 32.2. The molecule has 4 rings (SSSR count). The predicted molar refractivity (Wildman–Crippen MR) is 123 cm³/mol. The molecule has 1 fully saturated rings. The van der Waals surface area contributed by atoms with Gasteiger partial charge >= 0.3 is 0 Å². The van der Waals surface area contributed by atoms with E-state index < -0.39 is 0 Å². The van der Waals surface area contributed by atoms with Gasteiger partial charge in [0.25, 0.3) is 0 Å². The Morgan fingerprint density at radius 2 is 2.04 bits per heavy atom. The van der Waals surface area contributed by atoms with Gasteiger partial charge in [-0.25, -0.2) is 0 Å². The molecule has 3 heteroatoms. The normalized spacial score (nSPS) is 18.9. The Bertz CT molecular complexity index is 827. The predicted octanol–water partition coefficient (Wildman–Crippen LogP) is 6.90.